The second-order valence-corrected chi connectivity index (χ2v) is 11.1. The van der Waals surface area contributed by atoms with E-state index >= 15 is 0 Å². The molecule has 1 aromatic carbocycles. The molecule has 0 radical (unpaired) electrons. The molecule has 0 aromatic heterocycles. The third-order valence-electron chi connectivity index (χ3n) is 6.98. The molecule has 0 bridgehead atoms. The molecule has 1 amide bonds. The topological polar surface area (TPSA) is 96.5 Å². The first-order chi connectivity index (χ1) is 16.4. The van der Waals surface area contributed by atoms with Crippen molar-refractivity contribution in [1.82, 2.24) is 14.1 Å². The average molecular weight is 494 g/mol. The number of benzene rings is 1. The maximum Gasteiger partial charge on any atom is 0.338 e. The highest BCUT2D eigenvalue weighted by molar-refractivity contribution is 7.89. The molecule has 0 N–H and O–H groups in total. The Labute approximate surface area is 202 Å². The highest BCUT2D eigenvalue weighted by atomic mass is 32.2. The third kappa shape index (κ3) is 5.79. The number of carbonyl (C=O) groups is 2. The maximum absolute atomic E-state index is 13.1. The summed E-state index contributed by atoms with van der Waals surface area (Å²) in [6.45, 7) is 7.58. The summed E-state index contributed by atoms with van der Waals surface area (Å²) in [6, 6.07) is 5.82. The van der Waals surface area contributed by atoms with Crippen molar-refractivity contribution in [2.24, 2.45) is 5.92 Å². The van der Waals surface area contributed by atoms with Crippen LogP contribution in [-0.4, -0.2) is 99.5 Å². The van der Waals surface area contributed by atoms with Gasteiger partial charge in [-0.25, -0.2) is 13.2 Å². The van der Waals surface area contributed by atoms with E-state index in [1.807, 2.05) is 4.90 Å². The maximum atomic E-state index is 13.1. The minimum absolute atomic E-state index is 0.137. The van der Waals surface area contributed by atoms with E-state index in [9.17, 15) is 18.0 Å². The quantitative estimate of drug-likeness (QED) is 0.532. The largest absolute Gasteiger partial charge is 0.462 e. The van der Waals surface area contributed by atoms with Crippen molar-refractivity contribution in [2.75, 3.05) is 59.0 Å². The van der Waals surface area contributed by atoms with Crippen molar-refractivity contribution < 1.29 is 27.5 Å². The molecule has 1 atom stereocenters. The fourth-order valence-electron chi connectivity index (χ4n) is 4.95. The molecule has 188 valence electrons. The first-order valence-corrected chi connectivity index (χ1v) is 13.7. The zero-order valence-electron chi connectivity index (χ0n) is 19.9. The van der Waals surface area contributed by atoms with Crippen LogP contribution in [-0.2, 0) is 24.3 Å². The monoisotopic (exact) mass is 493 g/mol. The molecule has 4 rings (SSSR count). The number of piperazine rings is 1. The minimum atomic E-state index is -3.67. The van der Waals surface area contributed by atoms with Gasteiger partial charge in [-0.05, 0) is 56.9 Å². The Morgan fingerprint density at radius 3 is 2.26 bits per heavy atom. The van der Waals surface area contributed by atoms with Crippen LogP contribution in [0.1, 0.15) is 43.0 Å². The van der Waals surface area contributed by atoms with Crippen molar-refractivity contribution in [3.8, 4) is 0 Å². The van der Waals surface area contributed by atoms with E-state index < -0.39 is 16.0 Å². The molecular weight excluding hydrogens is 458 g/mol. The number of amides is 1. The number of hydrogen-bond donors (Lipinski definition) is 0. The lowest BCUT2D eigenvalue weighted by molar-refractivity contribution is -0.138. The van der Waals surface area contributed by atoms with Gasteiger partial charge in [0.2, 0.25) is 15.9 Å². The molecule has 9 nitrogen and oxygen atoms in total. The van der Waals surface area contributed by atoms with E-state index in [2.05, 4.69) is 4.90 Å². The normalized spacial score (nSPS) is 23.2. The Morgan fingerprint density at radius 1 is 1.00 bits per heavy atom. The van der Waals surface area contributed by atoms with Crippen molar-refractivity contribution >= 4 is 21.9 Å². The predicted molar refractivity (Wildman–Crippen MR) is 126 cm³/mol. The van der Waals surface area contributed by atoms with Crippen LogP contribution < -0.4 is 0 Å². The summed E-state index contributed by atoms with van der Waals surface area (Å²) < 4.78 is 38.2. The van der Waals surface area contributed by atoms with E-state index in [4.69, 9.17) is 9.47 Å². The molecular formula is C24H35N3O6S. The number of ether oxygens (including phenoxy) is 2. The van der Waals surface area contributed by atoms with Crippen LogP contribution >= 0.6 is 0 Å². The van der Waals surface area contributed by atoms with Crippen molar-refractivity contribution in [1.29, 1.82) is 0 Å². The van der Waals surface area contributed by atoms with Crippen LogP contribution in [0.15, 0.2) is 29.2 Å². The van der Waals surface area contributed by atoms with Gasteiger partial charge in [0.05, 0.1) is 23.2 Å². The first kappa shape index (κ1) is 25.1. The Morgan fingerprint density at radius 2 is 1.68 bits per heavy atom. The van der Waals surface area contributed by atoms with Gasteiger partial charge in [-0.1, -0.05) is 0 Å². The molecule has 1 aromatic rings. The summed E-state index contributed by atoms with van der Waals surface area (Å²) >= 11 is 0. The second-order valence-electron chi connectivity index (χ2n) is 9.18. The van der Waals surface area contributed by atoms with E-state index in [0.29, 0.717) is 37.6 Å². The molecule has 10 heteroatoms. The van der Waals surface area contributed by atoms with E-state index in [1.54, 1.807) is 6.92 Å². The number of carbonyl (C=O) groups excluding carboxylic acids is 2. The number of rotatable bonds is 7. The number of sulfonamides is 1. The SMILES string of the molecule is CCOC(=O)c1ccc(S(=O)(=O)N2CCC(C(=O)N3CCN(CC4CCCO4)CC3)CC2)cc1. The molecule has 34 heavy (non-hydrogen) atoms. The molecule has 3 fully saturated rings. The third-order valence-corrected chi connectivity index (χ3v) is 8.89. The molecule has 0 spiro atoms. The molecule has 1 unspecified atom stereocenters. The summed E-state index contributed by atoms with van der Waals surface area (Å²) in [5.74, 6) is -0.464. The van der Waals surface area contributed by atoms with Crippen LogP contribution in [0, 0.1) is 5.92 Å². The molecule has 3 aliphatic rings. The lowest BCUT2D eigenvalue weighted by Gasteiger charge is -2.38. The summed E-state index contributed by atoms with van der Waals surface area (Å²) in [5, 5.41) is 0. The lowest BCUT2D eigenvalue weighted by Crippen LogP contribution is -2.53. The van der Waals surface area contributed by atoms with E-state index in [-0.39, 0.29) is 23.3 Å². The van der Waals surface area contributed by atoms with Gasteiger partial charge in [-0.15, -0.1) is 0 Å². The van der Waals surface area contributed by atoms with E-state index in [1.165, 1.54) is 28.6 Å². The van der Waals surface area contributed by atoms with Crippen LogP contribution in [0.25, 0.3) is 0 Å². The summed E-state index contributed by atoms with van der Waals surface area (Å²) in [5.41, 5.74) is 0.320. The zero-order valence-corrected chi connectivity index (χ0v) is 20.7. The Bertz CT molecular complexity index is 945. The van der Waals surface area contributed by atoms with Gasteiger partial charge < -0.3 is 14.4 Å². The Kier molecular flexibility index (Phi) is 8.23. The van der Waals surface area contributed by atoms with Crippen molar-refractivity contribution in [2.45, 2.75) is 43.6 Å². The van der Waals surface area contributed by atoms with Gasteiger partial charge in [-0.2, -0.15) is 4.31 Å². The van der Waals surface area contributed by atoms with Gasteiger partial charge in [-0.3, -0.25) is 9.69 Å². The average Bonchev–Trinajstić information content (AvgIpc) is 3.37. The summed E-state index contributed by atoms with van der Waals surface area (Å²) in [7, 11) is -3.67. The van der Waals surface area contributed by atoms with Crippen LogP contribution in [0.3, 0.4) is 0 Å². The van der Waals surface area contributed by atoms with E-state index in [0.717, 1.165) is 52.2 Å². The minimum Gasteiger partial charge on any atom is -0.462 e. The molecule has 0 aliphatic carbocycles. The predicted octanol–water partition coefficient (Wildman–Crippen LogP) is 1.59. The fourth-order valence-corrected chi connectivity index (χ4v) is 6.42. The zero-order chi connectivity index (χ0) is 24.1. The number of esters is 1. The number of hydrogen-bond acceptors (Lipinski definition) is 7. The summed E-state index contributed by atoms with van der Waals surface area (Å²) in [6.07, 6.45) is 3.63. The van der Waals surface area contributed by atoms with Crippen molar-refractivity contribution in [3.05, 3.63) is 29.8 Å². The lowest BCUT2D eigenvalue weighted by atomic mass is 9.96. The molecule has 3 saturated heterocycles. The Balaban J connectivity index is 1.26. The van der Waals surface area contributed by atoms with Gasteiger partial charge in [0, 0.05) is 58.3 Å². The standard InChI is InChI=1S/C24H35N3O6S/c1-2-32-24(29)20-5-7-22(8-6-20)34(30,31)27-11-9-19(10-12-27)23(28)26-15-13-25(14-16-26)18-21-4-3-17-33-21/h5-8,19,21H,2-4,9-18H2,1H3. The van der Waals surface area contributed by atoms with Gasteiger partial charge >= 0.3 is 5.97 Å². The van der Waals surface area contributed by atoms with Crippen molar-refractivity contribution in [3.63, 3.8) is 0 Å². The smallest absolute Gasteiger partial charge is 0.338 e. The number of nitrogens with zero attached hydrogens (tertiary/aromatic N) is 3. The Hall–Kier alpha value is -2.01. The number of piperidine rings is 1. The van der Waals surface area contributed by atoms with Gasteiger partial charge in [0.25, 0.3) is 0 Å². The molecule has 3 aliphatic heterocycles. The highest BCUT2D eigenvalue weighted by Crippen LogP contribution is 2.26. The van der Waals surface area contributed by atoms with Gasteiger partial charge in [0.15, 0.2) is 0 Å². The molecule has 3 heterocycles. The van der Waals surface area contributed by atoms with Crippen LogP contribution in [0.5, 0.6) is 0 Å². The van der Waals surface area contributed by atoms with Crippen LogP contribution in [0.2, 0.25) is 0 Å². The second kappa shape index (κ2) is 11.2. The summed E-state index contributed by atoms with van der Waals surface area (Å²) in [4.78, 5) is 29.3. The van der Waals surface area contributed by atoms with Gasteiger partial charge in [0.1, 0.15) is 0 Å². The highest BCUT2D eigenvalue weighted by Gasteiger charge is 2.35. The van der Waals surface area contributed by atoms with Crippen LogP contribution in [0.4, 0.5) is 0 Å². The fraction of sp³-hybridized carbons (Fsp3) is 0.667. The molecule has 0 saturated carbocycles. The first-order valence-electron chi connectivity index (χ1n) is 12.3.